The zero-order valence-electron chi connectivity index (χ0n) is 6.66. The van der Waals surface area contributed by atoms with Crippen LogP contribution in [0.25, 0.3) is 0 Å². The lowest BCUT2D eigenvalue weighted by molar-refractivity contribution is 0.242. The second-order valence-electron chi connectivity index (χ2n) is 2.37. The van der Waals surface area contributed by atoms with Gasteiger partial charge in [0.15, 0.2) is 0 Å². The fraction of sp³-hybridized carbons (Fsp3) is 0.333. The van der Waals surface area contributed by atoms with Gasteiger partial charge < -0.3 is 5.21 Å². The van der Waals surface area contributed by atoms with E-state index in [1.165, 1.54) is 22.3 Å². The molecule has 0 bridgehead atoms. The molecule has 0 aliphatic carbocycles. The summed E-state index contributed by atoms with van der Waals surface area (Å²) in [6.07, 6.45) is 0. The van der Waals surface area contributed by atoms with E-state index < -0.39 is 10.0 Å². The molecule has 2 N–H and O–H groups in total. The highest BCUT2D eigenvalue weighted by Gasteiger charge is 2.17. The van der Waals surface area contributed by atoms with E-state index in [1.54, 1.807) is 6.92 Å². The van der Waals surface area contributed by atoms with Crippen LogP contribution in [0.3, 0.4) is 0 Å². The molecule has 4 nitrogen and oxygen atoms in total. The van der Waals surface area contributed by atoms with E-state index in [9.17, 15) is 8.42 Å². The van der Waals surface area contributed by atoms with Gasteiger partial charge in [0, 0.05) is 9.75 Å². The summed E-state index contributed by atoms with van der Waals surface area (Å²) in [5, 5.41) is 8.35. The van der Waals surface area contributed by atoms with Crippen molar-refractivity contribution in [3.05, 3.63) is 15.8 Å². The molecular formula is C6H9NO3S2. The van der Waals surface area contributed by atoms with Gasteiger partial charge in [0.1, 0.15) is 0 Å². The molecule has 6 heteroatoms. The summed E-state index contributed by atoms with van der Waals surface area (Å²) < 4.78 is 22.2. The Labute approximate surface area is 74.9 Å². The third-order valence-corrected chi connectivity index (χ3v) is 3.74. The predicted molar refractivity (Wildman–Crippen MR) is 45.9 cm³/mol. The van der Waals surface area contributed by atoms with Crippen LogP contribution in [0.15, 0.2) is 11.0 Å². The summed E-state index contributed by atoms with van der Waals surface area (Å²) in [7, 11) is -3.69. The molecule has 68 valence electrons. The minimum absolute atomic E-state index is 0.146. The molecule has 1 aromatic rings. The van der Waals surface area contributed by atoms with Gasteiger partial charge in [0.05, 0.1) is 4.90 Å². The summed E-state index contributed by atoms with van der Waals surface area (Å²) in [5.41, 5.74) is 0. The monoisotopic (exact) mass is 207 g/mol. The fourth-order valence-electron chi connectivity index (χ4n) is 0.923. The van der Waals surface area contributed by atoms with Crippen molar-refractivity contribution in [2.45, 2.75) is 18.7 Å². The summed E-state index contributed by atoms with van der Waals surface area (Å²) in [6, 6.07) is 1.53. The van der Waals surface area contributed by atoms with Crippen LogP contribution in [-0.4, -0.2) is 13.6 Å². The number of aryl methyl sites for hydroxylation is 2. The third kappa shape index (κ3) is 1.66. The first-order valence-electron chi connectivity index (χ1n) is 3.20. The summed E-state index contributed by atoms with van der Waals surface area (Å²) >= 11 is 1.38. The first kappa shape index (κ1) is 9.66. The second kappa shape index (κ2) is 3.14. The summed E-state index contributed by atoms with van der Waals surface area (Å²) in [4.78, 5) is 3.02. The Bertz CT molecular complexity index is 379. The predicted octanol–water partition coefficient (Wildman–Crippen LogP) is 1.03. The number of thiophene rings is 1. The van der Waals surface area contributed by atoms with Crippen molar-refractivity contribution < 1.29 is 13.6 Å². The molecule has 0 aliphatic rings. The zero-order chi connectivity index (χ0) is 9.35. The molecule has 0 saturated carbocycles. The van der Waals surface area contributed by atoms with Crippen molar-refractivity contribution in [1.82, 2.24) is 4.89 Å². The van der Waals surface area contributed by atoms with Gasteiger partial charge in [0.2, 0.25) is 0 Å². The van der Waals surface area contributed by atoms with Crippen molar-refractivity contribution in [2.24, 2.45) is 0 Å². The summed E-state index contributed by atoms with van der Waals surface area (Å²) in [6.45, 7) is 3.51. The molecule has 0 aliphatic heterocycles. The molecule has 0 atom stereocenters. The van der Waals surface area contributed by atoms with Gasteiger partial charge in [-0.3, -0.25) is 0 Å². The molecule has 1 aromatic heterocycles. The standard InChI is InChI=1S/C6H9NO3S2/c1-4-3-6(5(2)11-4)12(9,10)7-8/h3,7-8H,1-2H3. The number of nitrogens with one attached hydrogen (secondary N) is 1. The van der Waals surface area contributed by atoms with E-state index in [4.69, 9.17) is 5.21 Å². The van der Waals surface area contributed by atoms with Crippen molar-refractivity contribution in [1.29, 1.82) is 0 Å². The Morgan fingerprint density at radius 1 is 1.50 bits per heavy atom. The quantitative estimate of drug-likeness (QED) is 0.712. The van der Waals surface area contributed by atoms with Crippen LogP contribution >= 0.6 is 11.3 Å². The maximum atomic E-state index is 11.1. The summed E-state index contributed by atoms with van der Waals surface area (Å²) in [5.74, 6) is 0. The van der Waals surface area contributed by atoms with Gasteiger partial charge in [-0.2, -0.15) is 0 Å². The SMILES string of the molecule is Cc1cc(S(=O)(=O)NO)c(C)s1. The van der Waals surface area contributed by atoms with E-state index in [0.29, 0.717) is 4.88 Å². The van der Waals surface area contributed by atoms with Crippen molar-refractivity contribution >= 4 is 21.4 Å². The van der Waals surface area contributed by atoms with Crippen LogP contribution in [-0.2, 0) is 10.0 Å². The molecule has 0 aromatic carbocycles. The zero-order valence-corrected chi connectivity index (χ0v) is 8.29. The van der Waals surface area contributed by atoms with E-state index in [0.717, 1.165) is 4.88 Å². The molecule has 0 amide bonds. The van der Waals surface area contributed by atoms with Gasteiger partial charge in [-0.25, -0.2) is 8.42 Å². The number of hydrogen-bond donors (Lipinski definition) is 2. The molecule has 1 rings (SSSR count). The average molecular weight is 207 g/mol. The van der Waals surface area contributed by atoms with Gasteiger partial charge in [-0.1, -0.05) is 4.89 Å². The number of rotatable bonds is 2. The van der Waals surface area contributed by atoms with E-state index in [1.807, 2.05) is 6.92 Å². The van der Waals surface area contributed by atoms with Crippen LogP contribution < -0.4 is 4.89 Å². The molecule has 0 saturated heterocycles. The first-order chi connectivity index (χ1) is 5.47. The minimum atomic E-state index is -3.69. The smallest absolute Gasteiger partial charge is 0.263 e. The first-order valence-corrected chi connectivity index (χ1v) is 5.50. The number of sulfonamides is 1. The van der Waals surface area contributed by atoms with Crippen molar-refractivity contribution in [3.63, 3.8) is 0 Å². The van der Waals surface area contributed by atoms with E-state index >= 15 is 0 Å². The molecule has 0 fully saturated rings. The van der Waals surface area contributed by atoms with Crippen molar-refractivity contribution in [3.8, 4) is 0 Å². The largest absolute Gasteiger partial charge is 0.302 e. The maximum Gasteiger partial charge on any atom is 0.263 e. The fourth-order valence-corrected chi connectivity index (χ4v) is 3.08. The second-order valence-corrected chi connectivity index (χ2v) is 5.46. The normalized spacial score (nSPS) is 11.9. The number of hydrogen-bond acceptors (Lipinski definition) is 4. The lowest BCUT2D eigenvalue weighted by Gasteiger charge is -1.97. The molecule has 0 radical (unpaired) electrons. The van der Waals surface area contributed by atoms with Gasteiger partial charge >= 0.3 is 0 Å². The Morgan fingerprint density at radius 2 is 2.08 bits per heavy atom. The van der Waals surface area contributed by atoms with Crippen LogP contribution in [0, 0.1) is 13.8 Å². The molecule has 12 heavy (non-hydrogen) atoms. The van der Waals surface area contributed by atoms with Crippen LogP contribution in [0.5, 0.6) is 0 Å². The van der Waals surface area contributed by atoms with E-state index in [-0.39, 0.29) is 4.90 Å². The lowest BCUT2D eigenvalue weighted by atomic mass is 10.4. The average Bonchev–Trinajstić information content (AvgIpc) is 2.31. The van der Waals surface area contributed by atoms with Crippen molar-refractivity contribution in [2.75, 3.05) is 0 Å². The Balaban J connectivity index is 3.29. The van der Waals surface area contributed by atoms with Crippen LogP contribution in [0.2, 0.25) is 0 Å². The van der Waals surface area contributed by atoms with Gasteiger partial charge in [-0.05, 0) is 19.9 Å². The lowest BCUT2D eigenvalue weighted by Crippen LogP contribution is -2.19. The topological polar surface area (TPSA) is 66.4 Å². The Kier molecular flexibility index (Phi) is 2.52. The maximum absolute atomic E-state index is 11.1. The van der Waals surface area contributed by atoms with Gasteiger partial charge in [-0.15, -0.1) is 11.3 Å². The molecule has 0 unspecified atom stereocenters. The van der Waals surface area contributed by atoms with Gasteiger partial charge in [0.25, 0.3) is 10.0 Å². The highest BCUT2D eigenvalue weighted by molar-refractivity contribution is 7.89. The Hall–Kier alpha value is -0.430. The minimum Gasteiger partial charge on any atom is -0.302 e. The molecule has 1 heterocycles. The highest BCUT2D eigenvalue weighted by atomic mass is 32.2. The van der Waals surface area contributed by atoms with Crippen LogP contribution in [0.1, 0.15) is 9.75 Å². The molecular weight excluding hydrogens is 198 g/mol. The molecule has 0 spiro atoms. The highest BCUT2D eigenvalue weighted by Crippen LogP contribution is 2.24. The van der Waals surface area contributed by atoms with Crippen LogP contribution in [0.4, 0.5) is 0 Å². The van der Waals surface area contributed by atoms with E-state index in [2.05, 4.69) is 0 Å². The Morgan fingerprint density at radius 3 is 2.42 bits per heavy atom. The third-order valence-electron chi connectivity index (χ3n) is 1.41.